The first-order valence-corrected chi connectivity index (χ1v) is 6.49. The topological polar surface area (TPSA) is 72.5 Å². The molecule has 14 heavy (non-hydrogen) atoms. The lowest BCUT2D eigenvalue weighted by atomic mass is 10.2. The van der Waals surface area contributed by atoms with Crippen LogP contribution >= 0.6 is 0 Å². The molecule has 0 bridgehead atoms. The van der Waals surface area contributed by atoms with Gasteiger partial charge < -0.3 is 10.1 Å². The molecule has 0 aliphatic carbocycles. The van der Waals surface area contributed by atoms with Gasteiger partial charge in [0.15, 0.2) is 9.84 Å². The highest BCUT2D eigenvalue weighted by molar-refractivity contribution is 7.91. The summed E-state index contributed by atoms with van der Waals surface area (Å²) >= 11 is 0. The second-order valence-electron chi connectivity index (χ2n) is 3.40. The zero-order valence-corrected chi connectivity index (χ0v) is 9.13. The van der Waals surface area contributed by atoms with Crippen LogP contribution < -0.4 is 5.32 Å². The number of hydrogen-bond donors (Lipinski definition) is 1. The van der Waals surface area contributed by atoms with E-state index >= 15 is 0 Å². The molecule has 0 saturated carbocycles. The van der Waals surface area contributed by atoms with Crippen molar-refractivity contribution < 1.29 is 17.9 Å². The van der Waals surface area contributed by atoms with E-state index in [4.69, 9.17) is 4.74 Å². The second kappa shape index (κ2) is 4.27. The van der Waals surface area contributed by atoms with Gasteiger partial charge in [-0.15, -0.1) is 0 Å². The molecule has 0 unspecified atom stereocenters. The zero-order chi connectivity index (χ0) is 10.8. The number of rotatable bonds is 3. The molecular formula is C8H15NO4S. The van der Waals surface area contributed by atoms with E-state index in [0.717, 1.165) is 0 Å². The zero-order valence-electron chi connectivity index (χ0n) is 8.32. The highest BCUT2D eigenvalue weighted by Gasteiger charge is 2.35. The maximum Gasteiger partial charge on any atom is 0.323 e. The number of carbonyl (C=O) groups excluding carboxylic acids is 1. The van der Waals surface area contributed by atoms with Crippen LogP contribution in [-0.2, 0) is 19.4 Å². The smallest absolute Gasteiger partial charge is 0.323 e. The van der Waals surface area contributed by atoms with Gasteiger partial charge in [0, 0.05) is 12.8 Å². The summed E-state index contributed by atoms with van der Waals surface area (Å²) in [6.07, 6.45) is 1.50. The first-order chi connectivity index (χ1) is 6.45. The fraction of sp³-hybridized carbons (Fsp3) is 0.875. The molecule has 1 fully saturated rings. The van der Waals surface area contributed by atoms with Gasteiger partial charge in [-0.2, -0.15) is 0 Å². The Balaban J connectivity index is 2.54. The van der Waals surface area contributed by atoms with Crippen LogP contribution in [0.4, 0.5) is 0 Å². The van der Waals surface area contributed by atoms with Crippen molar-refractivity contribution in [3.63, 3.8) is 0 Å². The Morgan fingerprint density at radius 2 is 2.21 bits per heavy atom. The molecule has 5 nitrogen and oxygen atoms in total. The fourth-order valence-corrected chi connectivity index (χ4v) is 2.39. The largest absolute Gasteiger partial charge is 0.465 e. The maximum absolute atomic E-state index is 11.2. The third kappa shape index (κ3) is 2.68. The van der Waals surface area contributed by atoms with E-state index in [0.29, 0.717) is 19.6 Å². The van der Waals surface area contributed by atoms with Crippen molar-refractivity contribution in [3.8, 4) is 0 Å². The molecule has 1 rings (SSSR count). The quantitative estimate of drug-likeness (QED) is 0.640. The minimum absolute atomic E-state index is 0.317. The normalized spacial score (nSPS) is 27.6. The van der Waals surface area contributed by atoms with Crippen molar-refractivity contribution in [3.05, 3.63) is 0 Å². The summed E-state index contributed by atoms with van der Waals surface area (Å²) in [4.78, 5) is 11.2. The number of ether oxygens (including phenoxy) is 1. The van der Waals surface area contributed by atoms with Gasteiger partial charge in [-0.3, -0.25) is 4.79 Å². The van der Waals surface area contributed by atoms with Crippen molar-refractivity contribution in [2.24, 2.45) is 0 Å². The Hall–Kier alpha value is -0.620. The molecule has 1 aliphatic heterocycles. The summed E-state index contributed by atoms with van der Waals surface area (Å²) in [5, 5.41) is 2.38. The monoisotopic (exact) mass is 221 g/mol. The Kier molecular flexibility index (Phi) is 3.49. The molecule has 0 aromatic rings. The van der Waals surface area contributed by atoms with Crippen LogP contribution in [0.25, 0.3) is 0 Å². The van der Waals surface area contributed by atoms with Crippen LogP contribution in [0.5, 0.6) is 0 Å². The molecule has 0 aromatic carbocycles. The lowest BCUT2D eigenvalue weighted by Crippen LogP contribution is -2.32. The average Bonchev–Trinajstić information content (AvgIpc) is 2.51. The summed E-state index contributed by atoms with van der Waals surface area (Å²) < 4.78 is 27.1. The van der Waals surface area contributed by atoms with E-state index in [1.54, 1.807) is 6.92 Å². The van der Waals surface area contributed by atoms with Crippen molar-refractivity contribution in [2.45, 2.75) is 24.6 Å². The van der Waals surface area contributed by atoms with E-state index in [1.807, 2.05) is 0 Å². The van der Waals surface area contributed by atoms with E-state index in [-0.39, 0.29) is 5.97 Å². The first kappa shape index (κ1) is 11.5. The van der Waals surface area contributed by atoms with Gasteiger partial charge in [-0.05, 0) is 13.3 Å². The van der Waals surface area contributed by atoms with Crippen LogP contribution in [0.3, 0.4) is 0 Å². The average molecular weight is 221 g/mol. The Morgan fingerprint density at radius 1 is 1.57 bits per heavy atom. The van der Waals surface area contributed by atoms with Gasteiger partial charge in [0.1, 0.15) is 6.04 Å². The summed E-state index contributed by atoms with van der Waals surface area (Å²) in [7, 11) is -3.05. The number of carbonyl (C=O) groups is 1. The number of esters is 1. The van der Waals surface area contributed by atoms with Crippen molar-refractivity contribution in [1.82, 2.24) is 5.32 Å². The molecule has 0 radical (unpaired) electrons. The third-order valence-electron chi connectivity index (χ3n) is 2.27. The summed E-state index contributed by atoms with van der Waals surface area (Å²) in [6, 6.07) is -0.463. The van der Waals surface area contributed by atoms with Crippen molar-refractivity contribution >= 4 is 15.8 Å². The summed E-state index contributed by atoms with van der Waals surface area (Å²) in [6.45, 7) is 2.38. The molecule has 0 aromatic heterocycles. The summed E-state index contributed by atoms with van der Waals surface area (Å²) in [5.41, 5.74) is 0. The molecular weight excluding hydrogens is 206 g/mol. The predicted molar refractivity (Wildman–Crippen MR) is 51.7 cm³/mol. The third-order valence-corrected chi connectivity index (χ3v) is 3.84. The number of nitrogens with one attached hydrogen (secondary N) is 1. The van der Waals surface area contributed by atoms with Crippen molar-refractivity contribution in [2.75, 3.05) is 19.4 Å². The minimum Gasteiger partial charge on any atom is -0.465 e. The number of sulfone groups is 1. The predicted octanol–water partition coefficient (Wildman–Crippen LogP) is -0.675. The van der Waals surface area contributed by atoms with Crippen LogP contribution in [0.1, 0.15) is 13.3 Å². The molecule has 1 N–H and O–H groups in total. The fourth-order valence-electron chi connectivity index (χ4n) is 1.45. The van der Waals surface area contributed by atoms with Crippen LogP contribution in [0.15, 0.2) is 0 Å². The SMILES string of the molecule is CCOC(=O)[C@H]1C[C@H](S(C)(=O)=O)CN1. The second-order valence-corrected chi connectivity index (χ2v) is 5.73. The Bertz CT molecular complexity index is 311. The highest BCUT2D eigenvalue weighted by Crippen LogP contribution is 2.14. The summed E-state index contributed by atoms with van der Waals surface area (Å²) in [5.74, 6) is -0.362. The standard InChI is InChI=1S/C8H15NO4S/c1-3-13-8(10)7-4-6(5-9-7)14(2,11)12/h6-7,9H,3-5H2,1-2H3/t6-,7+/m0/s1. The molecule has 82 valence electrons. The van der Waals surface area contributed by atoms with E-state index in [1.165, 1.54) is 6.26 Å². The van der Waals surface area contributed by atoms with E-state index in [2.05, 4.69) is 5.32 Å². The van der Waals surface area contributed by atoms with Crippen LogP contribution in [0.2, 0.25) is 0 Å². The van der Waals surface area contributed by atoms with Gasteiger partial charge in [0.25, 0.3) is 0 Å². The van der Waals surface area contributed by atoms with Gasteiger partial charge in [-0.1, -0.05) is 0 Å². The molecule has 2 atom stereocenters. The van der Waals surface area contributed by atoms with Gasteiger partial charge in [-0.25, -0.2) is 8.42 Å². The van der Waals surface area contributed by atoms with Gasteiger partial charge >= 0.3 is 5.97 Å². The molecule has 1 saturated heterocycles. The van der Waals surface area contributed by atoms with Crippen molar-refractivity contribution in [1.29, 1.82) is 0 Å². The van der Waals surface area contributed by atoms with Gasteiger partial charge in [0.2, 0.25) is 0 Å². The molecule has 1 heterocycles. The number of hydrogen-bond acceptors (Lipinski definition) is 5. The van der Waals surface area contributed by atoms with E-state index in [9.17, 15) is 13.2 Å². The van der Waals surface area contributed by atoms with Crippen LogP contribution in [0, 0.1) is 0 Å². The van der Waals surface area contributed by atoms with Gasteiger partial charge in [0.05, 0.1) is 11.9 Å². The lowest BCUT2D eigenvalue weighted by molar-refractivity contribution is -0.145. The first-order valence-electron chi connectivity index (χ1n) is 4.54. The van der Waals surface area contributed by atoms with Crippen LogP contribution in [-0.4, -0.2) is 45.1 Å². The minimum atomic E-state index is -3.05. The Morgan fingerprint density at radius 3 is 2.64 bits per heavy atom. The Labute approximate surface area is 83.7 Å². The lowest BCUT2D eigenvalue weighted by Gasteiger charge is -2.08. The van der Waals surface area contributed by atoms with E-state index < -0.39 is 21.1 Å². The molecule has 1 aliphatic rings. The highest BCUT2D eigenvalue weighted by atomic mass is 32.2. The molecule has 0 amide bonds. The maximum atomic E-state index is 11.2. The molecule has 0 spiro atoms. The molecule has 6 heteroatoms.